The van der Waals surface area contributed by atoms with Gasteiger partial charge in [-0.3, -0.25) is 14.9 Å². The second kappa shape index (κ2) is 7.66. The predicted octanol–water partition coefficient (Wildman–Crippen LogP) is 4.25. The van der Waals surface area contributed by atoms with E-state index in [4.69, 9.17) is 11.6 Å². The molecule has 0 bridgehead atoms. The molecule has 114 valence electrons. The lowest BCUT2D eigenvalue weighted by Crippen LogP contribution is -2.18. The molecular weight excluding hydrogens is 312 g/mol. The van der Waals surface area contributed by atoms with Gasteiger partial charge in [0.25, 0.3) is 5.69 Å². The maximum atomic E-state index is 11.9. The smallest absolute Gasteiger partial charge is 0.271 e. The standard InChI is InChI=1S/C14H17ClN2O3S/c15-12-8-10(17(19)20)6-7-13(12)16-14(18)9-21-11-4-2-1-3-5-11/h6-8,11H,1-5,9H2,(H,16,18). The Morgan fingerprint density at radius 1 is 1.38 bits per heavy atom. The number of anilines is 1. The second-order valence-electron chi connectivity index (χ2n) is 5.04. The van der Waals surface area contributed by atoms with Crippen molar-refractivity contribution in [2.45, 2.75) is 37.4 Å². The highest BCUT2D eigenvalue weighted by Crippen LogP contribution is 2.29. The van der Waals surface area contributed by atoms with Crippen molar-refractivity contribution in [3.63, 3.8) is 0 Å². The van der Waals surface area contributed by atoms with Crippen LogP contribution in [0, 0.1) is 10.1 Å². The first-order valence-corrected chi connectivity index (χ1v) is 8.34. The molecule has 1 amide bonds. The van der Waals surface area contributed by atoms with Crippen LogP contribution in [0.1, 0.15) is 32.1 Å². The van der Waals surface area contributed by atoms with Crippen molar-refractivity contribution >= 4 is 40.6 Å². The Balaban J connectivity index is 1.85. The Kier molecular flexibility index (Phi) is 5.87. The number of rotatable bonds is 5. The highest BCUT2D eigenvalue weighted by molar-refractivity contribution is 8.00. The third-order valence-electron chi connectivity index (χ3n) is 3.44. The number of hydrogen-bond donors (Lipinski definition) is 1. The molecule has 0 saturated heterocycles. The van der Waals surface area contributed by atoms with Gasteiger partial charge in [0.1, 0.15) is 0 Å². The van der Waals surface area contributed by atoms with Crippen molar-refractivity contribution in [2.24, 2.45) is 0 Å². The van der Waals surface area contributed by atoms with Crippen molar-refractivity contribution in [2.75, 3.05) is 11.1 Å². The van der Waals surface area contributed by atoms with Crippen LogP contribution in [-0.2, 0) is 4.79 Å². The third-order valence-corrected chi connectivity index (χ3v) is 5.12. The van der Waals surface area contributed by atoms with Crippen LogP contribution < -0.4 is 5.32 Å². The molecule has 7 heteroatoms. The fourth-order valence-corrected chi connectivity index (χ4v) is 3.68. The van der Waals surface area contributed by atoms with Crippen molar-refractivity contribution in [3.8, 4) is 0 Å². The number of hydrogen-bond acceptors (Lipinski definition) is 4. The van der Waals surface area contributed by atoms with Crippen LogP contribution in [0.5, 0.6) is 0 Å². The molecule has 0 heterocycles. The van der Waals surface area contributed by atoms with E-state index >= 15 is 0 Å². The number of nitrogens with zero attached hydrogens (tertiary/aromatic N) is 1. The molecule has 1 aliphatic rings. The number of thioether (sulfide) groups is 1. The van der Waals surface area contributed by atoms with Crippen molar-refractivity contribution in [1.82, 2.24) is 0 Å². The number of carbonyl (C=O) groups is 1. The maximum absolute atomic E-state index is 11.9. The van der Waals surface area contributed by atoms with Gasteiger partial charge in [0.05, 0.1) is 21.4 Å². The number of benzene rings is 1. The van der Waals surface area contributed by atoms with Gasteiger partial charge in [0.2, 0.25) is 5.91 Å². The van der Waals surface area contributed by atoms with Gasteiger partial charge in [0.15, 0.2) is 0 Å². The van der Waals surface area contributed by atoms with Gasteiger partial charge < -0.3 is 5.32 Å². The second-order valence-corrected chi connectivity index (χ2v) is 6.74. The summed E-state index contributed by atoms with van der Waals surface area (Å²) in [4.78, 5) is 22.0. The molecule has 0 unspecified atom stereocenters. The van der Waals surface area contributed by atoms with Gasteiger partial charge in [0, 0.05) is 17.4 Å². The largest absolute Gasteiger partial charge is 0.324 e. The number of nitrogens with one attached hydrogen (secondary N) is 1. The molecule has 1 saturated carbocycles. The summed E-state index contributed by atoms with van der Waals surface area (Å²) in [6.45, 7) is 0. The molecule has 21 heavy (non-hydrogen) atoms. The zero-order valence-corrected chi connectivity index (χ0v) is 13.1. The van der Waals surface area contributed by atoms with E-state index in [0.29, 0.717) is 16.7 Å². The lowest BCUT2D eigenvalue weighted by atomic mass is 10.0. The van der Waals surface area contributed by atoms with Gasteiger partial charge in [-0.25, -0.2) is 0 Å². The average molecular weight is 329 g/mol. The molecule has 0 atom stereocenters. The van der Waals surface area contributed by atoms with Crippen LogP contribution in [0.2, 0.25) is 5.02 Å². The van der Waals surface area contributed by atoms with Crippen molar-refractivity contribution < 1.29 is 9.72 Å². The number of carbonyl (C=O) groups excluding carboxylic acids is 1. The summed E-state index contributed by atoms with van der Waals surface area (Å²) >= 11 is 7.62. The van der Waals surface area contributed by atoms with Crippen LogP contribution in [0.25, 0.3) is 0 Å². The minimum Gasteiger partial charge on any atom is -0.324 e. The number of halogens is 1. The number of nitro benzene ring substituents is 1. The van der Waals surface area contributed by atoms with Crippen molar-refractivity contribution in [1.29, 1.82) is 0 Å². The lowest BCUT2D eigenvalue weighted by molar-refractivity contribution is -0.384. The fraction of sp³-hybridized carbons (Fsp3) is 0.500. The first-order chi connectivity index (χ1) is 10.1. The molecule has 0 aliphatic heterocycles. The third kappa shape index (κ3) is 4.89. The summed E-state index contributed by atoms with van der Waals surface area (Å²) in [6.07, 6.45) is 6.13. The first-order valence-electron chi connectivity index (χ1n) is 6.91. The number of non-ortho nitro benzene ring substituents is 1. The van der Waals surface area contributed by atoms with E-state index in [0.717, 1.165) is 0 Å². The monoisotopic (exact) mass is 328 g/mol. The molecule has 1 aromatic carbocycles. The van der Waals surface area contributed by atoms with Gasteiger partial charge in [-0.1, -0.05) is 30.9 Å². The van der Waals surface area contributed by atoms with Crippen molar-refractivity contribution in [3.05, 3.63) is 33.3 Å². The molecule has 0 aromatic heterocycles. The van der Waals surface area contributed by atoms with E-state index in [9.17, 15) is 14.9 Å². The van der Waals surface area contributed by atoms with E-state index in [1.807, 2.05) is 0 Å². The first kappa shape index (κ1) is 16.1. The molecule has 1 aliphatic carbocycles. The zero-order valence-electron chi connectivity index (χ0n) is 11.5. The molecule has 0 radical (unpaired) electrons. The highest BCUT2D eigenvalue weighted by Gasteiger charge is 2.16. The molecule has 2 rings (SSSR count). The Morgan fingerprint density at radius 3 is 2.71 bits per heavy atom. The minimum atomic E-state index is -0.517. The summed E-state index contributed by atoms with van der Waals surface area (Å²) in [7, 11) is 0. The van der Waals surface area contributed by atoms with E-state index in [1.54, 1.807) is 11.8 Å². The van der Waals surface area contributed by atoms with Crippen LogP contribution in [0.3, 0.4) is 0 Å². The summed E-state index contributed by atoms with van der Waals surface area (Å²) < 4.78 is 0. The molecule has 1 aromatic rings. The minimum absolute atomic E-state index is 0.0884. The Hall–Kier alpha value is -1.27. The summed E-state index contributed by atoms with van der Waals surface area (Å²) in [5.41, 5.74) is 0.325. The summed E-state index contributed by atoms with van der Waals surface area (Å²) in [5.74, 6) is 0.263. The predicted molar refractivity (Wildman–Crippen MR) is 86.1 cm³/mol. The van der Waals surface area contributed by atoms with Crippen LogP contribution in [-0.4, -0.2) is 21.8 Å². The van der Waals surface area contributed by atoms with Crippen LogP contribution in [0.4, 0.5) is 11.4 Å². The van der Waals surface area contributed by atoms with E-state index in [1.165, 1.54) is 50.3 Å². The quantitative estimate of drug-likeness (QED) is 0.647. The van der Waals surface area contributed by atoms with Gasteiger partial charge in [-0.15, -0.1) is 11.8 Å². The lowest BCUT2D eigenvalue weighted by Gasteiger charge is -2.20. The van der Waals surface area contributed by atoms with E-state index in [2.05, 4.69) is 5.32 Å². The SMILES string of the molecule is O=C(CSC1CCCCC1)Nc1ccc([N+](=O)[O-])cc1Cl. The zero-order chi connectivity index (χ0) is 15.2. The van der Waals surface area contributed by atoms with Gasteiger partial charge in [-0.05, 0) is 18.9 Å². The molecule has 5 nitrogen and oxygen atoms in total. The molecule has 0 spiro atoms. The summed E-state index contributed by atoms with van der Waals surface area (Å²) in [5, 5.41) is 14.1. The maximum Gasteiger partial charge on any atom is 0.271 e. The fourth-order valence-electron chi connectivity index (χ4n) is 2.33. The normalized spacial score (nSPS) is 15.7. The topological polar surface area (TPSA) is 72.2 Å². The van der Waals surface area contributed by atoms with Gasteiger partial charge in [-0.2, -0.15) is 0 Å². The van der Waals surface area contributed by atoms with Gasteiger partial charge >= 0.3 is 0 Å². The van der Waals surface area contributed by atoms with E-state index < -0.39 is 4.92 Å². The highest BCUT2D eigenvalue weighted by atomic mass is 35.5. The number of nitro groups is 1. The Labute approximate surface area is 132 Å². The summed E-state index contributed by atoms with van der Waals surface area (Å²) in [6, 6.07) is 4.03. The molecule has 1 N–H and O–H groups in total. The average Bonchev–Trinajstić information content (AvgIpc) is 2.48. The van der Waals surface area contributed by atoms with Crippen LogP contribution >= 0.6 is 23.4 Å². The van der Waals surface area contributed by atoms with E-state index in [-0.39, 0.29) is 16.6 Å². The number of amides is 1. The molecular formula is C14H17ClN2O3S. The molecule has 1 fully saturated rings. The van der Waals surface area contributed by atoms with Crippen LogP contribution in [0.15, 0.2) is 18.2 Å². The Bertz CT molecular complexity index is 533. The Morgan fingerprint density at radius 2 is 2.10 bits per heavy atom.